The van der Waals surface area contributed by atoms with E-state index in [9.17, 15) is 0 Å². The maximum absolute atomic E-state index is 4.44. The molecule has 1 aromatic heterocycles. The zero-order valence-electron chi connectivity index (χ0n) is 8.63. The summed E-state index contributed by atoms with van der Waals surface area (Å²) in [5, 5.41) is 4.33. The molecular weight excluding hydrogens is 252 g/mol. The standard InChI is InChI=1S/C12H13BrN2/c1-14-7-6-9-2-3-10-4-5-12(13)15-11(10)8-9/h2-5,8,14H,6-7H2,1H3. The number of pyridine rings is 1. The number of hydrogen-bond acceptors (Lipinski definition) is 2. The third kappa shape index (κ3) is 2.55. The van der Waals surface area contributed by atoms with E-state index in [0.717, 1.165) is 23.1 Å². The molecule has 3 heteroatoms. The molecule has 2 nitrogen and oxygen atoms in total. The van der Waals surface area contributed by atoms with Gasteiger partial charge in [-0.2, -0.15) is 0 Å². The van der Waals surface area contributed by atoms with Crippen molar-refractivity contribution >= 4 is 26.8 Å². The lowest BCUT2D eigenvalue weighted by Crippen LogP contribution is -2.10. The second kappa shape index (κ2) is 4.73. The Hall–Kier alpha value is -0.930. The van der Waals surface area contributed by atoms with Crippen molar-refractivity contribution in [2.75, 3.05) is 13.6 Å². The number of hydrogen-bond donors (Lipinski definition) is 1. The number of aromatic nitrogens is 1. The highest BCUT2D eigenvalue weighted by Crippen LogP contribution is 2.17. The van der Waals surface area contributed by atoms with Crippen molar-refractivity contribution in [1.29, 1.82) is 0 Å². The van der Waals surface area contributed by atoms with Crippen LogP contribution in [0.15, 0.2) is 34.9 Å². The van der Waals surface area contributed by atoms with Crippen LogP contribution in [-0.2, 0) is 6.42 Å². The topological polar surface area (TPSA) is 24.9 Å². The summed E-state index contributed by atoms with van der Waals surface area (Å²) in [7, 11) is 1.97. The van der Waals surface area contributed by atoms with E-state index >= 15 is 0 Å². The van der Waals surface area contributed by atoms with Crippen LogP contribution >= 0.6 is 15.9 Å². The number of halogens is 1. The van der Waals surface area contributed by atoms with Gasteiger partial charge in [0.15, 0.2) is 0 Å². The first-order chi connectivity index (χ1) is 7.29. The van der Waals surface area contributed by atoms with Crippen molar-refractivity contribution in [2.45, 2.75) is 6.42 Å². The van der Waals surface area contributed by atoms with Gasteiger partial charge in [0, 0.05) is 5.39 Å². The van der Waals surface area contributed by atoms with Crippen LogP contribution in [-0.4, -0.2) is 18.6 Å². The van der Waals surface area contributed by atoms with E-state index in [1.807, 2.05) is 13.1 Å². The molecule has 0 amide bonds. The Balaban J connectivity index is 2.36. The monoisotopic (exact) mass is 264 g/mol. The van der Waals surface area contributed by atoms with Crippen LogP contribution in [0, 0.1) is 0 Å². The van der Waals surface area contributed by atoms with Gasteiger partial charge in [-0.05, 0) is 53.6 Å². The van der Waals surface area contributed by atoms with Crippen LogP contribution < -0.4 is 5.32 Å². The first-order valence-corrected chi connectivity index (χ1v) is 5.79. The Morgan fingerprint density at radius 1 is 1.27 bits per heavy atom. The molecule has 78 valence electrons. The highest BCUT2D eigenvalue weighted by atomic mass is 79.9. The molecule has 0 saturated heterocycles. The van der Waals surface area contributed by atoms with Gasteiger partial charge in [-0.1, -0.05) is 18.2 Å². The molecule has 1 aromatic carbocycles. The molecule has 0 spiro atoms. The zero-order chi connectivity index (χ0) is 10.7. The summed E-state index contributed by atoms with van der Waals surface area (Å²) >= 11 is 3.39. The first-order valence-electron chi connectivity index (χ1n) is 4.99. The van der Waals surface area contributed by atoms with Crippen LogP contribution in [0.1, 0.15) is 5.56 Å². The lowest BCUT2D eigenvalue weighted by atomic mass is 10.1. The molecule has 0 saturated carbocycles. The minimum absolute atomic E-state index is 0.890. The Bertz CT molecular complexity index is 468. The fraction of sp³-hybridized carbons (Fsp3) is 0.250. The third-order valence-electron chi connectivity index (χ3n) is 2.39. The minimum atomic E-state index is 0.890. The summed E-state index contributed by atoms with van der Waals surface area (Å²) in [6.07, 6.45) is 1.04. The van der Waals surface area contributed by atoms with Gasteiger partial charge in [-0.3, -0.25) is 0 Å². The van der Waals surface area contributed by atoms with Gasteiger partial charge in [-0.15, -0.1) is 0 Å². The maximum atomic E-state index is 4.44. The SMILES string of the molecule is CNCCc1ccc2ccc(Br)nc2c1. The summed E-state index contributed by atoms with van der Waals surface area (Å²) < 4.78 is 0.890. The number of likely N-dealkylation sites (N-methyl/N-ethyl adjacent to an activating group) is 1. The van der Waals surface area contributed by atoms with Gasteiger partial charge < -0.3 is 5.32 Å². The number of nitrogens with one attached hydrogen (secondary N) is 1. The average molecular weight is 265 g/mol. The predicted molar refractivity (Wildman–Crippen MR) is 67.1 cm³/mol. The summed E-state index contributed by atoms with van der Waals surface area (Å²) in [6.45, 7) is 1.000. The first kappa shape index (κ1) is 10.6. The number of benzene rings is 1. The molecule has 1 heterocycles. The van der Waals surface area contributed by atoms with Crippen LogP contribution in [0.2, 0.25) is 0 Å². The van der Waals surface area contributed by atoms with E-state index in [-0.39, 0.29) is 0 Å². The molecule has 0 aliphatic heterocycles. The second-order valence-electron chi connectivity index (χ2n) is 3.51. The van der Waals surface area contributed by atoms with E-state index in [1.54, 1.807) is 0 Å². The average Bonchev–Trinajstić information content (AvgIpc) is 2.25. The normalized spacial score (nSPS) is 10.8. The molecule has 0 atom stereocenters. The van der Waals surface area contributed by atoms with E-state index in [1.165, 1.54) is 10.9 Å². The van der Waals surface area contributed by atoms with Gasteiger partial charge in [0.25, 0.3) is 0 Å². The third-order valence-corrected chi connectivity index (χ3v) is 2.83. The lowest BCUT2D eigenvalue weighted by molar-refractivity contribution is 0.792. The molecular formula is C12H13BrN2. The number of nitrogens with zero attached hydrogens (tertiary/aromatic N) is 1. The van der Waals surface area contributed by atoms with Gasteiger partial charge in [0.2, 0.25) is 0 Å². The van der Waals surface area contributed by atoms with Crippen molar-refractivity contribution in [3.63, 3.8) is 0 Å². The molecule has 0 radical (unpaired) electrons. The van der Waals surface area contributed by atoms with Crippen LogP contribution in [0.25, 0.3) is 10.9 Å². The maximum Gasteiger partial charge on any atom is 0.106 e. The highest BCUT2D eigenvalue weighted by molar-refractivity contribution is 9.10. The van der Waals surface area contributed by atoms with Crippen molar-refractivity contribution in [3.8, 4) is 0 Å². The fourth-order valence-electron chi connectivity index (χ4n) is 1.56. The summed E-state index contributed by atoms with van der Waals surface area (Å²) in [5.41, 5.74) is 2.38. The Kier molecular flexibility index (Phi) is 3.34. The molecule has 1 N–H and O–H groups in total. The lowest BCUT2D eigenvalue weighted by Gasteiger charge is -2.03. The summed E-state index contributed by atoms with van der Waals surface area (Å²) in [6, 6.07) is 10.5. The van der Waals surface area contributed by atoms with Gasteiger partial charge in [0.1, 0.15) is 4.60 Å². The molecule has 2 aromatic rings. The van der Waals surface area contributed by atoms with Crippen molar-refractivity contribution in [3.05, 3.63) is 40.5 Å². The molecule has 0 fully saturated rings. The second-order valence-corrected chi connectivity index (χ2v) is 4.33. The minimum Gasteiger partial charge on any atom is -0.319 e. The van der Waals surface area contributed by atoms with E-state index in [4.69, 9.17) is 0 Å². The number of rotatable bonds is 3. The summed E-state index contributed by atoms with van der Waals surface area (Å²) in [5.74, 6) is 0. The van der Waals surface area contributed by atoms with Crippen LogP contribution in [0.5, 0.6) is 0 Å². The Morgan fingerprint density at radius 3 is 2.87 bits per heavy atom. The zero-order valence-corrected chi connectivity index (χ0v) is 10.2. The van der Waals surface area contributed by atoms with E-state index in [0.29, 0.717) is 0 Å². The van der Waals surface area contributed by atoms with E-state index < -0.39 is 0 Å². The van der Waals surface area contributed by atoms with Crippen molar-refractivity contribution in [2.24, 2.45) is 0 Å². The highest BCUT2D eigenvalue weighted by Gasteiger charge is 1.98. The molecule has 0 aliphatic rings. The molecule has 0 unspecified atom stereocenters. The Morgan fingerprint density at radius 2 is 2.07 bits per heavy atom. The van der Waals surface area contributed by atoms with Crippen molar-refractivity contribution < 1.29 is 0 Å². The molecule has 15 heavy (non-hydrogen) atoms. The quantitative estimate of drug-likeness (QED) is 0.863. The van der Waals surface area contributed by atoms with E-state index in [2.05, 4.69) is 50.5 Å². The largest absolute Gasteiger partial charge is 0.319 e. The Labute approximate surface area is 97.8 Å². The molecule has 0 aliphatic carbocycles. The fourth-order valence-corrected chi connectivity index (χ4v) is 1.89. The predicted octanol–water partition coefficient (Wildman–Crippen LogP) is 2.76. The van der Waals surface area contributed by atoms with Gasteiger partial charge >= 0.3 is 0 Å². The van der Waals surface area contributed by atoms with Crippen LogP contribution in [0.3, 0.4) is 0 Å². The van der Waals surface area contributed by atoms with Crippen LogP contribution in [0.4, 0.5) is 0 Å². The summed E-state index contributed by atoms with van der Waals surface area (Å²) in [4.78, 5) is 4.44. The van der Waals surface area contributed by atoms with Gasteiger partial charge in [0.05, 0.1) is 5.52 Å². The van der Waals surface area contributed by atoms with Crippen molar-refractivity contribution in [1.82, 2.24) is 10.3 Å². The number of fused-ring (bicyclic) bond motifs is 1. The smallest absolute Gasteiger partial charge is 0.106 e. The molecule has 0 bridgehead atoms. The molecule has 2 rings (SSSR count). The van der Waals surface area contributed by atoms with Gasteiger partial charge in [-0.25, -0.2) is 4.98 Å².